The summed E-state index contributed by atoms with van der Waals surface area (Å²) in [7, 11) is 1.55. The molecule has 24 heavy (non-hydrogen) atoms. The van der Waals surface area contributed by atoms with Gasteiger partial charge in [0, 0.05) is 30.1 Å². The number of amides is 2. The van der Waals surface area contributed by atoms with Crippen molar-refractivity contribution in [1.82, 2.24) is 4.90 Å². The molecular formula is C18H25ClN2O3. The van der Waals surface area contributed by atoms with Gasteiger partial charge in [-0.05, 0) is 31.0 Å². The summed E-state index contributed by atoms with van der Waals surface area (Å²) < 4.78 is 5.10. The number of hydrogen-bond acceptors (Lipinski definition) is 3. The van der Waals surface area contributed by atoms with Gasteiger partial charge in [-0.25, -0.2) is 0 Å². The Morgan fingerprint density at radius 3 is 2.38 bits per heavy atom. The Morgan fingerprint density at radius 2 is 1.88 bits per heavy atom. The van der Waals surface area contributed by atoms with Crippen LogP contribution in [0.5, 0.6) is 5.75 Å². The summed E-state index contributed by atoms with van der Waals surface area (Å²) in [6.45, 7) is 7.00. The third kappa shape index (κ3) is 4.41. The van der Waals surface area contributed by atoms with E-state index >= 15 is 0 Å². The average Bonchev–Trinajstić information content (AvgIpc) is 2.53. The lowest BCUT2D eigenvalue weighted by molar-refractivity contribution is -0.142. The Bertz CT molecular complexity index is 617. The number of ether oxygens (including phenoxy) is 1. The van der Waals surface area contributed by atoms with Crippen LogP contribution < -0.4 is 10.1 Å². The van der Waals surface area contributed by atoms with E-state index in [4.69, 9.17) is 16.3 Å². The van der Waals surface area contributed by atoms with Crippen LogP contribution in [0.3, 0.4) is 0 Å². The summed E-state index contributed by atoms with van der Waals surface area (Å²) in [5.41, 5.74) is 0.272. The molecular weight excluding hydrogens is 328 g/mol. The summed E-state index contributed by atoms with van der Waals surface area (Å²) >= 11 is 6.07. The minimum atomic E-state index is -0.380. The lowest BCUT2D eigenvalue weighted by Gasteiger charge is -2.35. The van der Waals surface area contributed by atoms with Gasteiger partial charge in [-0.2, -0.15) is 0 Å². The second kappa shape index (κ2) is 7.43. The van der Waals surface area contributed by atoms with E-state index in [2.05, 4.69) is 5.32 Å². The molecule has 0 spiro atoms. The molecule has 0 saturated carbocycles. The van der Waals surface area contributed by atoms with Crippen LogP contribution >= 0.6 is 11.6 Å². The fraction of sp³-hybridized carbons (Fsp3) is 0.556. The SMILES string of the molecule is COc1ccc(NC(=O)C2CCN(C(=O)C(C)(C)C)CC2)cc1Cl. The van der Waals surface area contributed by atoms with Crippen molar-refractivity contribution in [2.75, 3.05) is 25.5 Å². The van der Waals surface area contributed by atoms with E-state index in [-0.39, 0.29) is 23.1 Å². The lowest BCUT2D eigenvalue weighted by Crippen LogP contribution is -2.45. The van der Waals surface area contributed by atoms with Crippen LogP contribution in [0.1, 0.15) is 33.6 Å². The first-order valence-corrected chi connectivity index (χ1v) is 8.54. The molecule has 1 fully saturated rings. The number of anilines is 1. The standard InChI is InChI=1S/C18H25ClN2O3/c1-18(2,3)17(23)21-9-7-12(8-10-21)16(22)20-13-5-6-15(24-4)14(19)11-13/h5-6,11-12H,7-10H2,1-4H3,(H,20,22). The van der Waals surface area contributed by atoms with Gasteiger partial charge in [0.1, 0.15) is 5.75 Å². The molecule has 0 unspecified atom stereocenters. The number of carbonyl (C=O) groups is 2. The van der Waals surface area contributed by atoms with Crippen LogP contribution in [0.15, 0.2) is 18.2 Å². The highest BCUT2D eigenvalue weighted by Crippen LogP contribution is 2.28. The number of halogens is 1. The molecule has 1 aromatic carbocycles. The predicted molar refractivity (Wildman–Crippen MR) is 95.4 cm³/mol. The van der Waals surface area contributed by atoms with E-state index in [9.17, 15) is 9.59 Å². The molecule has 132 valence electrons. The number of nitrogens with one attached hydrogen (secondary N) is 1. The molecule has 1 aliphatic rings. The first-order valence-electron chi connectivity index (χ1n) is 8.16. The molecule has 0 aliphatic carbocycles. The second-order valence-electron chi connectivity index (χ2n) is 7.16. The van der Waals surface area contributed by atoms with E-state index in [1.807, 2.05) is 25.7 Å². The first kappa shape index (κ1) is 18.6. The van der Waals surface area contributed by atoms with Gasteiger partial charge in [-0.15, -0.1) is 0 Å². The smallest absolute Gasteiger partial charge is 0.227 e. The van der Waals surface area contributed by atoms with Gasteiger partial charge in [-0.1, -0.05) is 32.4 Å². The van der Waals surface area contributed by atoms with Gasteiger partial charge in [0.25, 0.3) is 0 Å². The molecule has 1 heterocycles. The van der Waals surface area contributed by atoms with Crippen molar-refractivity contribution in [1.29, 1.82) is 0 Å². The van der Waals surface area contributed by atoms with Gasteiger partial charge in [0.2, 0.25) is 11.8 Å². The minimum absolute atomic E-state index is 0.0286. The predicted octanol–water partition coefficient (Wildman–Crippen LogP) is 3.57. The van der Waals surface area contributed by atoms with Crippen LogP contribution in [0.25, 0.3) is 0 Å². The number of rotatable bonds is 3. The maximum absolute atomic E-state index is 12.4. The molecule has 0 aromatic heterocycles. The number of likely N-dealkylation sites (tertiary alicyclic amines) is 1. The van der Waals surface area contributed by atoms with Crippen molar-refractivity contribution in [2.45, 2.75) is 33.6 Å². The molecule has 2 rings (SSSR count). The summed E-state index contributed by atoms with van der Waals surface area (Å²) in [6, 6.07) is 5.17. The highest BCUT2D eigenvalue weighted by atomic mass is 35.5. The van der Waals surface area contributed by atoms with Crippen molar-refractivity contribution in [3.8, 4) is 5.75 Å². The summed E-state index contributed by atoms with van der Waals surface area (Å²) in [5.74, 6) is 0.598. The van der Waals surface area contributed by atoms with E-state index in [1.54, 1.807) is 25.3 Å². The molecule has 1 aliphatic heterocycles. The summed E-state index contributed by atoms with van der Waals surface area (Å²) in [6.07, 6.45) is 1.36. The normalized spacial score (nSPS) is 16.0. The zero-order valence-corrected chi connectivity index (χ0v) is 15.4. The van der Waals surface area contributed by atoms with Crippen LogP contribution in [0.2, 0.25) is 5.02 Å². The molecule has 2 amide bonds. The van der Waals surface area contributed by atoms with Crippen molar-refractivity contribution in [3.63, 3.8) is 0 Å². The quantitative estimate of drug-likeness (QED) is 0.904. The van der Waals surface area contributed by atoms with Crippen molar-refractivity contribution >= 4 is 29.1 Å². The highest BCUT2D eigenvalue weighted by Gasteiger charge is 2.32. The minimum Gasteiger partial charge on any atom is -0.495 e. The number of piperidine rings is 1. The first-order chi connectivity index (χ1) is 11.2. The Kier molecular flexibility index (Phi) is 5.75. The van der Waals surface area contributed by atoms with Crippen LogP contribution in [0, 0.1) is 11.3 Å². The largest absolute Gasteiger partial charge is 0.495 e. The van der Waals surface area contributed by atoms with Crippen molar-refractivity contribution in [2.24, 2.45) is 11.3 Å². The third-order valence-corrected chi connectivity index (χ3v) is 4.51. The molecule has 1 saturated heterocycles. The second-order valence-corrected chi connectivity index (χ2v) is 7.56. The van der Waals surface area contributed by atoms with Crippen molar-refractivity contribution < 1.29 is 14.3 Å². The number of methoxy groups -OCH3 is 1. The Morgan fingerprint density at radius 1 is 1.25 bits per heavy atom. The van der Waals surface area contributed by atoms with E-state index in [1.165, 1.54) is 0 Å². The maximum Gasteiger partial charge on any atom is 0.227 e. The van der Waals surface area contributed by atoms with E-state index < -0.39 is 0 Å². The van der Waals surface area contributed by atoms with Gasteiger partial charge < -0.3 is 15.0 Å². The lowest BCUT2D eigenvalue weighted by atomic mass is 9.90. The topological polar surface area (TPSA) is 58.6 Å². The van der Waals surface area contributed by atoms with Gasteiger partial charge >= 0.3 is 0 Å². The summed E-state index contributed by atoms with van der Waals surface area (Å²) in [4.78, 5) is 26.6. The maximum atomic E-state index is 12.4. The van der Waals surface area contributed by atoms with Crippen LogP contribution in [-0.4, -0.2) is 36.9 Å². The van der Waals surface area contributed by atoms with Crippen LogP contribution in [0.4, 0.5) is 5.69 Å². The van der Waals surface area contributed by atoms with Crippen molar-refractivity contribution in [3.05, 3.63) is 23.2 Å². The number of nitrogens with zero attached hydrogens (tertiary/aromatic N) is 1. The number of hydrogen-bond donors (Lipinski definition) is 1. The zero-order valence-electron chi connectivity index (χ0n) is 14.7. The molecule has 0 bridgehead atoms. The van der Waals surface area contributed by atoms with E-state index in [0.29, 0.717) is 42.4 Å². The van der Waals surface area contributed by atoms with Crippen LogP contribution in [-0.2, 0) is 9.59 Å². The number of carbonyl (C=O) groups excluding carboxylic acids is 2. The zero-order chi connectivity index (χ0) is 17.9. The van der Waals surface area contributed by atoms with Gasteiger partial charge in [-0.3, -0.25) is 9.59 Å². The average molecular weight is 353 g/mol. The fourth-order valence-electron chi connectivity index (χ4n) is 2.81. The molecule has 5 nitrogen and oxygen atoms in total. The third-order valence-electron chi connectivity index (χ3n) is 4.21. The Labute approximate surface area is 148 Å². The molecule has 1 N–H and O–H groups in total. The summed E-state index contributed by atoms with van der Waals surface area (Å²) in [5, 5.41) is 3.35. The monoisotopic (exact) mass is 352 g/mol. The highest BCUT2D eigenvalue weighted by molar-refractivity contribution is 6.32. The Balaban J connectivity index is 1.91. The number of benzene rings is 1. The van der Waals surface area contributed by atoms with E-state index in [0.717, 1.165) is 0 Å². The molecule has 6 heteroatoms. The Hall–Kier alpha value is -1.75. The fourth-order valence-corrected chi connectivity index (χ4v) is 3.07. The molecule has 0 atom stereocenters. The van der Waals surface area contributed by atoms with Gasteiger partial charge in [0.05, 0.1) is 12.1 Å². The molecule has 0 radical (unpaired) electrons. The van der Waals surface area contributed by atoms with Gasteiger partial charge in [0.15, 0.2) is 0 Å². The molecule has 1 aromatic rings.